The fourth-order valence-corrected chi connectivity index (χ4v) is 1.20. The number of carbonyl (C=O) groups excluding carboxylic acids is 1. The van der Waals surface area contributed by atoms with Gasteiger partial charge in [0.2, 0.25) is 5.96 Å². The molecule has 0 amide bonds. The van der Waals surface area contributed by atoms with Gasteiger partial charge in [0.1, 0.15) is 6.04 Å². The predicted octanol–water partition coefficient (Wildman–Crippen LogP) is -1.20. The van der Waals surface area contributed by atoms with Gasteiger partial charge in [-0.15, -0.1) is 0 Å². The van der Waals surface area contributed by atoms with Crippen molar-refractivity contribution in [2.45, 2.75) is 38.1 Å². The first kappa shape index (κ1) is 18.6. The number of aliphatic carboxylic acids is 2. The number of hydroxylamine groups is 1. The molecule has 0 bridgehead atoms. The van der Waals surface area contributed by atoms with E-state index in [0.717, 1.165) is 0 Å². The number of carbonyl (C=O) groups is 3. The van der Waals surface area contributed by atoms with Crippen molar-refractivity contribution in [1.29, 1.82) is 0 Å². The first-order valence-electron chi connectivity index (χ1n) is 6.28. The first-order valence-corrected chi connectivity index (χ1v) is 6.28. The fourth-order valence-electron chi connectivity index (χ4n) is 1.20. The van der Waals surface area contributed by atoms with Crippen LogP contribution in [0.25, 0.3) is 0 Å². The summed E-state index contributed by atoms with van der Waals surface area (Å²) in [6.07, 6.45) is 0.880. The van der Waals surface area contributed by atoms with E-state index in [4.69, 9.17) is 21.7 Å². The third-order valence-electron chi connectivity index (χ3n) is 2.34. The second kappa shape index (κ2) is 10.4. The summed E-state index contributed by atoms with van der Waals surface area (Å²) < 4.78 is 0. The molecule has 0 saturated heterocycles. The Morgan fingerprint density at radius 3 is 2.43 bits per heavy atom. The fraction of sp³-hybridized carbons (Fsp3) is 0.636. The maximum absolute atomic E-state index is 11.0. The van der Waals surface area contributed by atoms with E-state index in [2.05, 4.69) is 15.3 Å². The lowest BCUT2D eigenvalue weighted by molar-refractivity contribution is -0.151. The number of carboxylic acid groups (broad SMARTS) is 2. The largest absolute Gasteiger partial charge is 0.481 e. The second-order valence-corrected chi connectivity index (χ2v) is 4.18. The lowest BCUT2D eigenvalue weighted by atomic mass is 10.1. The van der Waals surface area contributed by atoms with Gasteiger partial charge in [0.05, 0.1) is 12.8 Å². The minimum atomic E-state index is -1.10. The van der Waals surface area contributed by atoms with Crippen molar-refractivity contribution in [1.82, 2.24) is 5.48 Å². The molecule has 0 aromatic rings. The Bertz CT molecular complexity index is 398. The highest BCUT2D eigenvalue weighted by Crippen LogP contribution is 1.99. The molecule has 0 saturated carbocycles. The minimum absolute atomic E-state index is 0.124. The number of rotatable bonds is 9. The number of hydrogen-bond donors (Lipinski definition) is 5. The van der Waals surface area contributed by atoms with Gasteiger partial charge >= 0.3 is 17.9 Å². The van der Waals surface area contributed by atoms with Crippen molar-refractivity contribution < 1.29 is 29.4 Å². The highest BCUT2D eigenvalue weighted by molar-refractivity contribution is 5.80. The van der Waals surface area contributed by atoms with Crippen molar-refractivity contribution in [3.8, 4) is 0 Å². The summed E-state index contributed by atoms with van der Waals surface area (Å²) in [6, 6.07) is -0.889. The summed E-state index contributed by atoms with van der Waals surface area (Å²) in [5.41, 5.74) is 12.8. The van der Waals surface area contributed by atoms with E-state index in [0.29, 0.717) is 25.8 Å². The summed E-state index contributed by atoms with van der Waals surface area (Å²) >= 11 is 0. The average molecular weight is 304 g/mol. The van der Waals surface area contributed by atoms with Crippen LogP contribution in [0.15, 0.2) is 4.99 Å². The molecule has 0 aliphatic carbocycles. The maximum Gasteiger partial charge on any atom is 0.332 e. The van der Waals surface area contributed by atoms with Crippen LogP contribution in [0.4, 0.5) is 0 Å². The lowest BCUT2D eigenvalue weighted by Crippen LogP contribution is -2.34. The van der Waals surface area contributed by atoms with Crippen LogP contribution < -0.4 is 16.9 Å². The molecule has 1 atom stereocenters. The van der Waals surface area contributed by atoms with Crippen molar-refractivity contribution in [3.63, 3.8) is 0 Å². The molecule has 0 fully saturated rings. The summed E-state index contributed by atoms with van der Waals surface area (Å²) in [7, 11) is 0. The Balaban J connectivity index is 3.72. The smallest absolute Gasteiger partial charge is 0.332 e. The zero-order valence-corrected chi connectivity index (χ0v) is 11.4. The normalized spacial score (nSPS) is 12.5. The van der Waals surface area contributed by atoms with Gasteiger partial charge in [0, 0.05) is 6.54 Å². The van der Waals surface area contributed by atoms with Crippen molar-refractivity contribution in [2.24, 2.45) is 16.5 Å². The number of nitrogens with two attached hydrogens (primary N) is 2. The minimum Gasteiger partial charge on any atom is -0.481 e. The number of guanidine groups is 1. The third-order valence-corrected chi connectivity index (χ3v) is 2.34. The van der Waals surface area contributed by atoms with Crippen molar-refractivity contribution in [2.75, 3.05) is 6.54 Å². The number of aliphatic imine (C=N–C) groups is 1. The Hall–Kier alpha value is -2.36. The number of nitrogens with one attached hydrogen (secondary N) is 1. The molecule has 10 heteroatoms. The molecule has 0 rings (SSSR count). The van der Waals surface area contributed by atoms with E-state index in [1.807, 2.05) is 0 Å². The lowest BCUT2D eigenvalue weighted by Gasteiger charge is -2.06. The van der Waals surface area contributed by atoms with Crippen LogP contribution in [0.3, 0.4) is 0 Å². The Kier molecular flexibility index (Phi) is 9.26. The van der Waals surface area contributed by atoms with E-state index in [-0.39, 0.29) is 18.8 Å². The van der Waals surface area contributed by atoms with Gasteiger partial charge in [0.25, 0.3) is 0 Å². The van der Waals surface area contributed by atoms with Gasteiger partial charge in [0.15, 0.2) is 0 Å². The molecule has 0 aliphatic rings. The van der Waals surface area contributed by atoms with Crippen LogP contribution in [-0.4, -0.2) is 46.7 Å². The molecule has 0 aromatic heterocycles. The van der Waals surface area contributed by atoms with Crippen LogP contribution in [0, 0.1) is 0 Å². The summed E-state index contributed by atoms with van der Waals surface area (Å²) in [5, 5.41) is 16.9. The highest BCUT2D eigenvalue weighted by atomic mass is 16.7. The monoisotopic (exact) mass is 304 g/mol. The number of carboxylic acids is 2. The van der Waals surface area contributed by atoms with E-state index in [9.17, 15) is 14.4 Å². The SMILES string of the molecule is NC(=NCCCC[C@@H](N)C(=O)O)NOC(=O)CCC(=O)O. The molecule has 0 unspecified atom stereocenters. The highest BCUT2D eigenvalue weighted by Gasteiger charge is 2.10. The maximum atomic E-state index is 11.0. The third kappa shape index (κ3) is 11.2. The van der Waals surface area contributed by atoms with Gasteiger partial charge in [-0.25, -0.2) is 4.79 Å². The van der Waals surface area contributed by atoms with Crippen LogP contribution in [-0.2, 0) is 19.2 Å². The predicted molar refractivity (Wildman–Crippen MR) is 72.0 cm³/mol. The topological polar surface area (TPSA) is 177 Å². The molecule has 0 radical (unpaired) electrons. The number of hydrogen-bond acceptors (Lipinski definition) is 6. The summed E-state index contributed by atoms with van der Waals surface area (Å²) in [6.45, 7) is 0.317. The van der Waals surface area contributed by atoms with Crippen LogP contribution in [0.5, 0.6) is 0 Å². The molecule has 0 heterocycles. The molecular weight excluding hydrogens is 284 g/mol. The zero-order valence-electron chi connectivity index (χ0n) is 11.4. The molecule has 0 aromatic carbocycles. The van der Waals surface area contributed by atoms with Gasteiger partial charge in [-0.2, -0.15) is 5.48 Å². The molecule has 21 heavy (non-hydrogen) atoms. The summed E-state index contributed by atoms with van der Waals surface area (Å²) in [4.78, 5) is 40.0. The number of unbranched alkanes of at least 4 members (excludes halogenated alkanes) is 1. The Labute approximate surface area is 121 Å². The van der Waals surface area contributed by atoms with Gasteiger partial charge in [-0.1, -0.05) is 0 Å². The molecule has 120 valence electrons. The number of nitrogens with zero attached hydrogens (tertiary/aromatic N) is 1. The standard InChI is InChI=1S/C11H20N4O6/c12-7(10(19)20)3-1-2-6-14-11(13)15-21-9(18)5-4-8(16)17/h7H,1-6,12H2,(H,16,17)(H,19,20)(H3,13,14,15)/t7-/m1/s1. The Morgan fingerprint density at radius 1 is 1.19 bits per heavy atom. The molecule has 7 N–H and O–H groups in total. The average Bonchev–Trinajstić information content (AvgIpc) is 2.41. The van der Waals surface area contributed by atoms with Crippen LogP contribution in [0.2, 0.25) is 0 Å². The van der Waals surface area contributed by atoms with Gasteiger partial charge < -0.3 is 26.5 Å². The van der Waals surface area contributed by atoms with Crippen LogP contribution in [0.1, 0.15) is 32.1 Å². The van der Waals surface area contributed by atoms with Crippen molar-refractivity contribution in [3.05, 3.63) is 0 Å². The van der Waals surface area contributed by atoms with E-state index >= 15 is 0 Å². The second-order valence-electron chi connectivity index (χ2n) is 4.18. The van der Waals surface area contributed by atoms with Crippen LogP contribution >= 0.6 is 0 Å². The Morgan fingerprint density at radius 2 is 1.86 bits per heavy atom. The van der Waals surface area contributed by atoms with Gasteiger partial charge in [-0.3, -0.25) is 14.6 Å². The molecule has 0 spiro atoms. The summed E-state index contributed by atoms with van der Waals surface area (Å²) in [5.74, 6) is -3.04. The van der Waals surface area contributed by atoms with E-state index in [1.54, 1.807) is 0 Å². The molecule has 0 aliphatic heterocycles. The first-order chi connectivity index (χ1) is 9.82. The quantitative estimate of drug-likeness (QED) is 0.151. The van der Waals surface area contributed by atoms with E-state index in [1.165, 1.54) is 0 Å². The van der Waals surface area contributed by atoms with Gasteiger partial charge in [-0.05, 0) is 19.3 Å². The molecule has 10 nitrogen and oxygen atoms in total. The van der Waals surface area contributed by atoms with E-state index < -0.39 is 23.9 Å². The zero-order chi connectivity index (χ0) is 16.3. The van der Waals surface area contributed by atoms with Crippen molar-refractivity contribution >= 4 is 23.9 Å². The molecular formula is C11H20N4O6.